The summed E-state index contributed by atoms with van der Waals surface area (Å²) >= 11 is 0. The Morgan fingerprint density at radius 1 is 1.22 bits per heavy atom. The first-order chi connectivity index (χ1) is 13.2. The van der Waals surface area contributed by atoms with Gasteiger partial charge in [0.1, 0.15) is 5.82 Å². The summed E-state index contributed by atoms with van der Waals surface area (Å²) in [6, 6.07) is 0. The molecule has 2 atom stereocenters. The molecule has 7 nitrogen and oxygen atoms in total. The maximum atomic E-state index is 12.8. The van der Waals surface area contributed by atoms with Crippen molar-refractivity contribution in [2.45, 2.75) is 68.9 Å². The SMILES string of the molecule is C#CCCC1(CCC(=O)N2C[C@@H](c3nc(C4CC4)n[nH]3)[C@H](C3CC3)C2)N=N1. The van der Waals surface area contributed by atoms with Crippen molar-refractivity contribution >= 4 is 5.91 Å². The molecule has 2 aliphatic heterocycles. The van der Waals surface area contributed by atoms with Crippen molar-refractivity contribution in [3.8, 4) is 12.3 Å². The van der Waals surface area contributed by atoms with Crippen LogP contribution in [0.25, 0.3) is 0 Å². The van der Waals surface area contributed by atoms with E-state index in [9.17, 15) is 4.79 Å². The molecule has 0 aromatic carbocycles. The Hall–Kier alpha value is -2.23. The molecule has 3 fully saturated rings. The lowest BCUT2D eigenvalue weighted by atomic mass is 9.91. The zero-order valence-electron chi connectivity index (χ0n) is 15.6. The van der Waals surface area contributed by atoms with Crippen LogP contribution in [0.15, 0.2) is 10.2 Å². The zero-order valence-corrected chi connectivity index (χ0v) is 15.6. The smallest absolute Gasteiger partial charge is 0.222 e. The summed E-state index contributed by atoms with van der Waals surface area (Å²) < 4.78 is 0. The van der Waals surface area contributed by atoms with E-state index in [1.165, 1.54) is 25.7 Å². The molecule has 0 spiro atoms. The molecule has 142 valence electrons. The molecule has 5 rings (SSSR count). The Kier molecular flexibility index (Phi) is 4.03. The van der Waals surface area contributed by atoms with Gasteiger partial charge in [-0.1, -0.05) is 0 Å². The number of nitrogens with zero attached hydrogens (tertiary/aromatic N) is 5. The Balaban J connectivity index is 1.21. The molecule has 3 heterocycles. The predicted molar refractivity (Wildman–Crippen MR) is 98.8 cm³/mol. The molecule has 1 saturated heterocycles. The predicted octanol–water partition coefficient (Wildman–Crippen LogP) is 2.99. The first-order valence-corrected chi connectivity index (χ1v) is 10.2. The Morgan fingerprint density at radius 2 is 2.04 bits per heavy atom. The summed E-state index contributed by atoms with van der Waals surface area (Å²) in [5, 5.41) is 15.9. The van der Waals surface area contributed by atoms with Crippen molar-refractivity contribution in [2.75, 3.05) is 13.1 Å². The maximum absolute atomic E-state index is 12.8. The van der Waals surface area contributed by atoms with Crippen molar-refractivity contribution in [3.63, 3.8) is 0 Å². The van der Waals surface area contributed by atoms with Gasteiger partial charge >= 0.3 is 0 Å². The highest BCUT2D eigenvalue weighted by Crippen LogP contribution is 2.48. The minimum atomic E-state index is -0.374. The number of H-pyrrole nitrogens is 1. The lowest BCUT2D eigenvalue weighted by Crippen LogP contribution is -2.30. The van der Waals surface area contributed by atoms with E-state index in [0.717, 1.165) is 37.1 Å². The largest absolute Gasteiger partial charge is 0.342 e. The number of aromatic nitrogens is 3. The average Bonchev–Trinajstić information content (AvgIpc) is 3.61. The van der Waals surface area contributed by atoms with E-state index in [1.54, 1.807) is 0 Å². The van der Waals surface area contributed by atoms with E-state index in [4.69, 9.17) is 11.4 Å². The van der Waals surface area contributed by atoms with Gasteiger partial charge in [-0.25, -0.2) is 4.98 Å². The average molecular weight is 366 g/mol. The van der Waals surface area contributed by atoms with Crippen LogP contribution in [0.4, 0.5) is 0 Å². The summed E-state index contributed by atoms with van der Waals surface area (Å²) in [7, 11) is 0. The van der Waals surface area contributed by atoms with Crippen LogP contribution in [0.3, 0.4) is 0 Å². The standard InChI is InChI=1S/C20H26N6O/c1-2-3-9-20(24-25-20)10-8-17(27)26-11-15(13-4-5-13)16(12-26)19-21-18(22-23-19)14-6-7-14/h1,13-16H,3-12H2,(H,21,22,23)/t15-,16+/m0/s1. The molecule has 1 N–H and O–H groups in total. The van der Waals surface area contributed by atoms with Gasteiger partial charge in [0.05, 0.1) is 0 Å². The van der Waals surface area contributed by atoms with Crippen LogP contribution in [-0.4, -0.2) is 44.7 Å². The molecule has 27 heavy (non-hydrogen) atoms. The molecular formula is C20H26N6O. The number of carbonyl (C=O) groups excluding carboxylic acids is 1. The van der Waals surface area contributed by atoms with Crippen LogP contribution in [0.5, 0.6) is 0 Å². The van der Waals surface area contributed by atoms with Crippen LogP contribution in [-0.2, 0) is 4.79 Å². The van der Waals surface area contributed by atoms with Crippen LogP contribution in [0.2, 0.25) is 0 Å². The van der Waals surface area contributed by atoms with E-state index in [2.05, 4.69) is 26.3 Å². The Morgan fingerprint density at radius 3 is 2.70 bits per heavy atom. The normalized spacial score (nSPS) is 28.3. The molecule has 0 radical (unpaired) electrons. The quantitative estimate of drug-likeness (QED) is 0.718. The highest BCUT2D eigenvalue weighted by atomic mass is 16.2. The molecule has 2 saturated carbocycles. The molecular weight excluding hydrogens is 340 g/mol. The fraction of sp³-hybridized carbons (Fsp3) is 0.750. The third kappa shape index (κ3) is 3.50. The summed E-state index contributed by atoms with van der Waals surface area (Å²) in [6.07, 6.45) is 12.9. The minimum Gasteiger partial charge on any atom is -0.342 e. The first kappa shape index (κ1) is 16.9. The van der Waals surface area contributed by atoms with Crippen LogP contribution < -0.4 is 0 Å². The number of nitrogens with one attached hydrogen (secondary N) is 1. The fourth-order valence-electron chi connectivity index (χ4n) is 4.44. The zero-order chi connectivity index (χ0) is 18.4. The highest BCUT2D eigenvalue weighted by molar-refractivity contribution is 5.76. The fourth-order valence-corrected chi connectivity index (χ4v) is 4.44. The van der Waals surface area contributed by atoms with Crippen LogP contribution in [0.1, 0.15) is 74.9 Å². The number of carbonyl (C=O) groups is 1. The monoisotopic (exact) mass is 366 g/mol. The highest BCUT2D eigenvalue weighted by Gasteiger charge is 2.46. The summed E-state index contributed by atoms with van der Waals surface area (Å²) in [4.78, 5) is 19.7. The van der Waals surface area contributed by atoms with Crippen molar-refractivity contribution in [3.05, 3.63) is 11.6 Å². The van der Waals surface area contributed by atoms with Gasteiger partial charge in [0.25, 0.3) is 0 Å². The molecule has 1 amide bonds. The van der Waals surface area contributed by atoms with E-state index < -0.39 is 0 Å². The maximum Gasteiger partial charge on any atom is 0.222 e. The van der Waals surface area contributed by atoms with Gasteiger partial charge in [-0.3, -0.25) is 9.89 Å². The van der Waals surface area contributed by atoms with E-state index in [-0.39, 0.29) is 11.6 Å². The number of hydrogen-bond acceptors (Lipinski definition) is 5. The third-order valence-electron chi connectivity index (χ3n) is 6.55. The van der Waals surface area contributed by atoms with E-state index >= 15 is 0 Å². The molecule has 4 aliphatic rings. The van der Waals surface area contributed by atoms with Crippen molar-refractivity contribution < 1.29 is 4.79 Å². The lowest BCUT2D eigenvalue weighted by Gasteiger charge is -2.17. The number of amides is 1. The molecule has 1 aromatic heterocycles. The summed E-state index contributed by atoms with van der Waals surface area (Å²) in [5.74, 6) is 6.91. The van der Waals surface area contributed by atoms with Gasteiger partial charge in [0, 0.05) is 50.6 Å². The second kappa shape index (κ2) is 6.43. The van der Waals surface area contributed by atoms with Gasteiger partial charge in [0.15, 0.2) is 11.5 Å². The first-order valence-electron chi connectivity index (χ1n) is 10.2. The minimum absolute atomic E-state index is 0.211. The molecule has 2 aliphatic carbocycles. The van der Waals surface area contributed by atoms with Crippen molar-refractivity contribution in [1.82, 2.24) is 20.1 Å². The number of rotatable bonds is 8. The number of hydrogen-bond donors (Lipinski definition) is 1. The van der Waals surface area contributed by atoms with Crippen molar-refractivity contribution in [1.29, 1.82) is 0 Å². The summed E-state index contributed by atoms with van der Waals surface area (Å²) in [6.45, 7) is 1.60. The Bertz CT molecular complexity index is 794. The van der Waals surface area contributed by atoms with E-state index in [1.807, 2.05) is 4.90 Å². The van der Waals surface area contributed by atoms with Gasteiger partial charge in [-0.2, -0.15) is 15.3 Å². The third-order valence-corrected chi connectivity index (χ3v) is 6.55. The molecule has 1 aromatic rings. The number of likely N-dealkylation sites (tertiary alicyclic amines) is 1. The van der Waals surface area contributed by atoms with Gasteiger partial charge in [0.2, 0.25) is 5.91 Å². The van der Waals surface area contributed by atoms with Gasteiger partial charge < -0.3 is 4.90 Å². The van der Waals surface area contributed by atoms with Gasteiger partial charge in [-0.15, -0.1) is 12.3 Å². The van der Waals surface area contributed by atoms with E-state index in [0.29, 0.717) is 37.0 Å². The van der Waals surface area contributed by atoms with Crippen LogP contribution in [0, 0.1) is 24.2 Å². The van der Waals surface area contributed by atoms with Crippen molar-refractivity contribution in [2.24, 2.45) is 22.1 Å². The number of terminal acetylenes is 1. The Labute approximate surface area is 159 Å². The number of aromatic amines is 1. The molecule has 0 unspecified atom stereocenters. The van der Waals surface area contributed by atoms with Gasteiger partial charge in [-0.05, 0) is 37.5 Å². The molecule has 0 bridgehead atoms. The lowest BCUT2D eigenvalue weighted by molar-refractivity contribution is -0.130. The molecule has 7 heteroatoms. The second-order valence-electron chi connectivity index (χ2n) is 8.65. The summed E-state index contributed by atoms with van der Waals surface area (Å²) in [5.41, 5.74) is -0.374. The topological polar surface area (TPSA) is 86.6 Å². The second-order valence-corrected chi connectivity index (χ2v) is 8.65. The van der Waals surface area contributed by atoms with Crippen LogP contribution >= 0.6 is 0 Å².